The zero-order valence-corrected chi connectivity index (χ0v) is 12.7. The standard InChI is InChI=1S/C15H21N5O/c1-4-6-17-14-5-7-16-10-13(14)15(21)18-8-12-9-19-20(3)11(12)2/h5,7,9-10H,4,6,8H2,1-3H3,(H,16,17)(H,18,21). The molecule has 6 heteroatoms. The normalized spacial score (nSPS) is 10.4. The topological polar surface area (TPSA) is 71.8 Å². The molecular formula is C15H21N5O. The molecule has 0 aromatic carbocycles. The Morgan fingerprint density at radius 1 is 1.38 bits per heavy atom. The molecule has 2 aromatic heterocycles. The first kappa shape index (κ1) is 15.0. The highest BCUT2D eigenvalue weighted by Gasteiger charge is 2.12. The quantitative estimate of drug-likeness (QED) is 0.851. The van der Waals surface area contributed by atoms with Gasteiger partial charge in [0.2, 0.25) is 0 Å². The predicted molar refractivity (Wildman–Crippen MR) is 82.1 cm³/mol. The van der Waals surface area contributed by atoms with Crippen LogP contribution < -0.4 is 10.6 Å². The van der Waals surface area contributed by atoms with Crippen molar-refractivity contribution in [3.05, 3.63) is 41.5 Å². The van der Waals surface area contributed by atoms with Gasteiger partial charge in [0.05, 0.1) is 17.4 Å². The third-order valence-corrected chi connectivity index (χ3v) is 3.41. The Balaban J connectivity index is 2.05. The van der Waals surface area contributed by atoms with Crippen molar-refractivity contribution in [2.75, 3.05) is 11.9 Å². The van der Waals surface area contributed by atoms with Crippen LogP contribution in [0.5, 0.6) is 0 Å². The van der Waals surface area contributed by atoms with Gasteiger partial charge in [-0.05, 0) is 19.4 Å². The van der Waals surface area contributed by atoms with Gasteiger partial charge in [0.25, 0.3) is 5.91 Å². The van der Waals surface area contributed by atoms with Gasteiger partial charge >= 0.3 is 0 Å². The van der Waals surface area contributed by atoms with Gasteiger partial charge in [0, 0.05) is 43.8 Å². The van der Waals surface area contributed by atoms with Crippen LogP contribution in [-0.2, 0) is 13.6 Å². The molecule has 2 rings (SSSR count). The predicted octanol–water partition coefficient (Wildman–Crippen LogP) is 1.88. The smallest absolute Gasteiger partial charge is 0.255 e. The third kappa shape index (κ3) is 3.59. The van der Waals surface area contributed by atoms with Gasteiger partial charge in [0.15, 0.2) is 0 Å². The number of aryl methyl sites for hydroxylation is 1. The molecule has 21 heavy (non-hydrogen) atoms. The molecule has 2 heterocycles. The van der Waals surface area contributed by atoms with Crippen molar-refractivity contribution in [2.45, 2.75) is 26.8 Å². The number of nitrogens with one attached hydrogen (secondary N) is 2. The molecule has 0 atom stereocenters. The molecule has 0 aliphatic heterocycles. The molecule has 0 aliphatic rings. The van der Waals surface area contributed by atoms with E-state index in [1.165, 1.54) is 0 Å². The van der Waals surface area contributed by atoms with Gasteiger partial charge in [0.1, 0.15) is 0 Å². The van der Waals surface area contributed by atoms with Crippen LogP contribution in [0.15, 0.2) is 24.7 Å². The van der Waals surface area contributed by atoms with Crippen LogP contribution in [0.25, 0.3) is 0 Å². The van der Waals surface area contributed by atoms with Crippen LogP contribution in [0.2, 0.25) is 0 Å². The Hall–Kier alpha value is -2.37. The Morgan fingerprint density at radius 2 is 2.19 bits per heavy atom. The number of pyridine rings is 1. The minimum Gasteiger partial charge on any atom is -0.384 e. The molecular weight excluding hydrogens is 266 g/mol. The Labute approximate surface area is 124 Å². The number of carbonyl (C=O) groups excluding carboxylic acids is 1. The van der Waals surface area contributed by atoms with E-state index in [2.05, 4.69) is 27.6 Å². The van der Waals surface area contributed by atoms with Gasteiger partial charge in [-0.3, -0.25) is 14.5 Å². The second-order valence-electron chi connectivity index (χ2n) is 4.91. The Kier molecular flexibility index (Phi) is 4.92. The summed E-state index contributed by atoms with van der Waals surface area (Å²) in [6, 6.07) is 1.82. The first-order chi connectivity index (χ1) is 10.1. The van der Waals surface area contributed by atoms with E-state index in [-0.39, 0.29) is 5.91 Å². The lowest BCUT2D eigenvalue weighted by Gasteiger charge is -2.11. The fourth-order valence-electron chi connectivity index (χ4n) is 1.98. The van der Waals surface area contributed by atoms with Gasteiger partial charge in [-0.2, -0.15) is 5.10 Å². The number of hydrogen-bond donors (Lipinski definition) is 2. The highest BCUT2D eigenvalue weighted by atomic mass is 16.1. The number of anilines is 1. The van der Waals surface area contributed by atoms with Crippen molar-refractivity contribution in [1.82, 2.24) is 20.1 Å². The maximum Gasteiger partial charge on any atom is 0.255 e. The molecule has 0 radical (unpaired) electrons. The molecule has 0 bridgehead atoms. The van der Waals surface area contributed by atoms with Crippen molar-refractivity contribution in [3.63, 3.8) is 0 Å². The number of aromatic nitrogens is 3. The second kappa shape index (κ2) is 6.88. The largest absolute Gasteiger partial charge is 0.384 e. The van der Waals surface area contributed by atoms with Crippen molar-refractivity contribution in [2.24, 2.45) is 7.05 Å². The number of amides is 1. The van der Waals surface area contributed by atoms with E-state index in [1.54, 1.807) is 23.3 Å². The zero-order valence-electron chi connectivity index (χ0n) is 12.7. The fraction of sp³-hybridized carbons (Fsp3) is 0.400. The van der Waals surface area contributed by atoms with Crippen LogP contribution in [0.3, 0.4) is 0 Å². The van der Waals surface area contributed by atoms with E-state index in [0.717, 1.165) is 29.9 Å². The second-order valence-corrected chi connectivity index (χ2v) is 4.91. The molecule has 1 amide bonds. The molecule has 112 valence electrons. The summed E-state index contributed by atoms with van der Waals surface area (Å²) in [5.41, 5.74) is 3.43. The van der Waals surface area contributed by atoms with Gasteiger partial charge in [-0.1, -0.05) is 6.92 Å². The lowest BCUT2D eigenvalue weighted by molar-refractivity contribution is 0.0951. The van der Waals surface area contributed by atoms with E-state index in [0.29, 0.717) is 12.1 Å². The minimum absolute atomic E-state index is 0.134. The first-order valence-electron chi connectivity index (χ1n) is 7.07. The van der Waals surface area contributed by atoms with Crippen molar-refractivity contribution >= 4 is 11.6 Å². The van der Waals surface area contributed by atoms with Crippen LogP contribution >= 0.6 is 0 Å². The number of rotatable bonds is 6. The average Bonchev–Trinajstić information content (AvgIpc) is 2.82. The van der Waals surface area contributed by atoms with E-state index >= 15 is 0 Å². The van der Waals surface area contributed by atoms with E-state index in [9.17, 15) is 4.79 Å². The van der Waals surface area contributed by atoms with Crippen molar-refractivity contribution in [3.8, 4) is 0 Å². The maximum atomic E-state index is 12.3. The molecule has 0 saturated heterocycles. The highest BCUT2D eigenvalue weighted by Crippen LogP contribution is 2.14. The SMILES string of the molecule is CCCNc1ccncc1C(=O)NCc1cnn(C)c1C. The number of hydrogen-bond acceptors (Lipinski definition) is 4. The number of nitrogens with zero attached hydrogens (tertiary/aromatic N) is 3. The van der Waals surface area contributed by atoms with Crippen LogP contribution in [0.1, 0.15) is 35.0 Å². The summed E-state index contributed by atoms with van der Waals surface area (Å²) in [7, 11) is 1.88. The maximum absolute atomic E-state index is 12.3. The lowest BCUT2D eigenvalue weighted by Crippen LogP contribution is -2.24. The van der Waals surface area contributed by atoms with E-state index in [1.807, 2.05) is 20.0 Å². The van der Waals surface area contributed by atoms with Gasteiger partial charge in [-0.25, -0.2) is 0 Å². The Morgan fingerprint density at radius 3 is 2.86 bits per heavy atom. The molecule has 6 nitrogen and oxygen atoms in total. The van der Waals surface area contributed by atoms with Gasteiger partial charge in [-0.15, -0.1) is 0 Å². The highest BCUT2D eigenvalue weighted by molar-refractivity contribution is 5.99. The molecule has 0 unspecified atom stereocenters. The molecule has 0 fully saturated rings. The zero-order chi connectivity index (χ0) is 15.2. The van der Waals surface area contributed by atoms with Crippen LogP contribution in [-0.4, -0.2) is 27.2 Å². The van der Waals surface area contributed by atoms with Crippen molar-refractivity contribution < 1.29 is 4.79 Å². The lowest BCUT2D eigenvalue weighted by atomic mass is 10.2. The summed E-state index contributed by atoms with van der Waals surface area (Å²) in [6.07, 6.45) is 6.04. The number of carbonyl (C=O) groups is 1. The van der Waals surface area contributed by atoms with E-state index < -0.39 is 0 Å². The molecule has 2 aromatic rings. The van der Waals surface area contributed by atoms with E-state index in [4.69, 9.17) is 0 Å². The molecule has 0 spiro atoms. The summed E-state index contributed by atoms with van der Waals surface area (Å²) in [5, 5.41) is 10.3. The fourth-order valence-corrected chi connectivity index (χ4v) is 1.98. The third-order valence-electron chi connectivity index (χ3n) is 3.41. The first-order valence-corrected chi connectivity index (χ1v) is 7.07. The average molecular weight is 287 g/mol. The molecule has 0 aliphatic carbocycles. The van der Waals surface area contributed by atoms with Crippen LogP contribution in [0.4, 0.5) is 5.69 Å². The molecule has 2 N–H and O–H groups in total. The summed E-state index contributed by atoms with van der Waals surface area (Å²) in [5.74, 6) is -0.134. The summed E-state index contributed by atoms with van der Waals surface area (Å²) in [6.45, 7) is 5.35. The molecule has 0 saturated carbocycles. The Bertz CT molecular complexity index is 620. The summed E-state index contributed by atoms with van der Waals surface area (Å²) in [4.78, 5) is 16.3. The minimum atomic E-state index is -0.134. The van der Waals surface area contributed by atoms with Gasteiger partial charge < -0.3 is 10.6 Å². The monoisotopic (exact) mass is 287 g/mol. The summed E-state index contributed by atoms with van der Waals surface area (Å²) >= 11 is 0. The summed E-state index contributed by atoms with van der Waals surface area (Å²) < 4.78 is 1.79. The van der Waals surface area contributed by atoms with Crippen LogP contribution in [0, 0.1) is 6.92 Å². The van der Waals surface area contributed by atoms with Crippen molar-refractivity contribution in [1.29, 1.82) is 0 Å².